The quantitative estimate of drug-likeness (QED) is 0.844. The van der Waals surface area contributed by atoms with Crippen LogP contribution >= 0.6 is 0 Å². The lowest BCUT2D eigenvalue weighted by molar-refractivity contribution is 0.268. The van der Waals surface area contributed by atoms with Crippen LogP contribution in [0.1, 0.15) is 5.82 Å². The largest absolute Gasteiger partial charge is 0.494 e. The molecule has 0 spiro atoms. The highest BCUT2D eigenvalue weighted by Crippen LogP contribution is 2.32. The van der Waals surface area contributed by atoms with Crippen molar-refractivity contribution in [3.63, 3.8) is 0 Å². The molecule has 0 bridgehead atoms. The van der Waals surface area contributed by atoms with E-state index in [4.69, 9.17) is 9.47 Å². The molecule has 1 aromatic heterocycles. The fourth-order valence-electron chi connectivity index (χ4n) is 1.78. The third-order valence-electron chi connectivity index (χ3n) is 2.62. The van der Waals surface area contributed by atoms with Crippen molar-refractivity contribution < 1.29 is 14.6 Å². The summed E-state index contributed by atoms with van der Waals surface area (Å²) in [6, 6.07) is 3.62. The Hall–Kier alpha value is -1.75. The molecule has 0 amide bonds. The van der Waals surface area contributed by atoms with E-state index in [1.165, 1.54) is 0 Å². The molecule has 2 rings (SSSR count). The molecule has 0 fully saturated rings. The molecule has 0 aliphatic rings. The number of aliphatic hydroxyl groups excluding tert-OH is 1. The first-order valence-electron chi connectivity index (χ1n) is 4.90. The van der Waals surface area contributed by atoms with Gasteiger partial charge in [0, 0.05) is 7.05 Å². The van der Waals surface area contributed by atoms with Crippen LogP contribution in [0.4, 0.5) is 0 Å². The Balaban J connectivity index is 2.82. The molecule has 0 unspecified atom stereocenters. The number of benzene rings is 1. The van der Waals surface area contributed by atoms with Crippen molar-refractivity contribution in [2.45, 2.75) is 6.61 Å². The summed E-state index contributed by atoms with van der Waals surface area (Å²) in [5, 5.41) is 9.18. The molecule has 0 saturated carbocycles. The summed E-state index contributed by atoms with van der Waals surface area (Å²) in [6.45, 7) is -0.114. The molecular formula is C11H14N2O3. The van der Waals surface area contributed by atoms with Crippen molar-refractivity contribution in [2.24, 2.45) is 7.05 Å². The summed E-state index contributed by atoms with van der Waals surface area (Å²) in [5.41, 5.74) is 1.53. The fourth-order valence-corrected chi connectivity index (χ4v) is 1.78. The van der Waals surface area contributed by atoms with E-state index < -0.39 is 0 Å². The highest BCUT2D eigenvalue weighted by atomic mass is 16.5. The van der Waals surface area contributed by atoms with Gasteiger partial charge >= 0.3 is 0 Å². The Kier molecular flexibility index (Phi) is 2.70. The number of ether oxygens (including phenoxy) is 2. The number of aliphatic hydroxyl groups is 1. The SMILES string of the molecule is COc1ccc(OC)c2c1nc(CO)n2C. The molecule has 0 atom stereocenters. The Bertz CT molecular complexity index is 519. The highest BCUT2D eigenvalue weighted by Gasteiger charge is 2.15. The zero-order valence-electron chi connectivity index (χ0n) is 9.52. The molecule has 0 radical (unpaired) electrons. The van der Waals surface area contributed by atoms with Gasteiger partial charge in [-0.1, -0.05) is 0 Å². The number of imidazole rings is 1. The lowest BCUT2D eigenvalue weighted by Gasteiger charge is -2.06. The maximum atomic E-state index is 9.18. The summed E-state index contributed by atoms with van der Waals surface area (Å²) in [7, 11) is 5.03. The van der Waals surface area contributed by atoms with Gasteiger partial charge in [-0.15, -0.1) is 0 Å². The molecule has 1 N–H and O–H groups in total. The van der Waals surface area contributed by atoms with Crippen molar-refractivity contribution in [1.29, 1.82) is 0 Å². The molecule has 86 valence electrons. The number of aromatic nitrogens is 2. The second-order valence-electron chi connectivity index (χ2n) is 3.41. The number of aryl methyl sites for hydroxylation is 1. The van der Waals surface area contributed by atoms with Gasteiger partial charge in [-0.3, -0.25) is 0 Å². The molecule has 5 nitrogen and oxygen atoms in total. The first-order chi connectivity index (χ1) is 7.72. The monoisotopic (exact) mass is 222 g/mol. The van der Waals surface area contributed by atoms with Gasteiger partial charge in [0.05, 0.1) is 14.2 Å². The topological polar surface area (TPSA) is 56.5 Å². The number of hydrogen-bond donors (Lipinski definition) is 1. The zero-order chi connectivity index (χ0) is 11.7. The Labute approximate surface area is 93.2 Å². The van der Waals surface area contributed by atoms with E-state index in [1.54, 1.807) is 24.9 Å². The van der Waals surface area contributed by atoms with Crippen LogP contribution < -0.4 is 9.47 Å². The van der Waals surface area contributed by atoms with Gasteiger partial charge in [0.2, 0.25) is 0 Å². The number of hydrogen-bond acceptors (Lipinski definition) is 4. The second-order valence-corrected chi connectivity index (χ2v) is 3.41. The smallest absolute Gasteiger partial charge is 0.146 e. The zero-order valence-corrected chi connectivity index (χ0v) is 9.52. The maximum absolute atomic E-state index is 9.18. The summed E-state index contributed by atoms with van der Waals surface area (Å²) >= 11 is 0. The molecule has 5 heteroatoms. The number of methoxy groups -OCH3 is 2. The average Bonchev–Trinajstić information content (AvgIpc) is 2.66. The lowest BCUT2D eigenvalue weighted by atomic mass is 10.2. The first kappa shape index (κ1) is 10.8. The van der Waals surface area contributed by atoms with Gasteiger partial charge in [-0.25, -0.2) is 4.98 Å². The molecule has 16 heavy (non-hydrogen) atoms. The van der Waals surface area contributed by atoms with Crippen LogP contribution in [0.3, 0.4) is 0 Å². The van der Waals surface area contributed by atoms with Gasteiger partial charge < -0.3 is 19.1 Å². The number of nitrogens with zero attached hydrogens (tertiary/aromatic N) is 2. The Morgan fingerprint density at radius 3 is 2.44 bits per heavy atom. The minimum atomic E-state index is -0.114. The first-order valence-corrected chi connectivity index (χ1v) is 4.90. The molecule has 0 saturated heterocycles. The maximum Gasteiger partial charge on any atom is 0.146 e. The van der Waals surface area contributed by atoms with Crippen LogP contribution in [0.2, 0.25) is 0 Å². The standard InChI is InChI=1S/C11H14N2O3/c1-13-9(6-14)12-10-7(15-2)4-5-8(16-3)11(10)13/h4-5,14H,6H2,1-3H3. The lowest BCUT2D eigenvalue weighted by Crippen LogP contribution is -1.97. The van der Waals surface area contributed by atoms with Crippen LogP contribution in [0, 0.1) is 0 Å². The summed E-state index contributed by atoms with van der Waals surface area (Å²) in [4.78, 5) is 4.32. The van der Waals surface area contributed by atoms with E-state index in [0.29, 0.717) is 22.8 Å². The van der Waals surface area contributed by atoms with Gasteiger partial charge in [0.15, 0.2) is 0 Å². The summed E-state index contributed by atoms with van der Waals surface area (Å²) in [6.07, 6.45) is 0. The van der Waals surface area contributed by atoms with E-state index in [9.17, 15) is 5.11 Å². The van der Waals surface area contributed by atoms with Gasteiger partial charge in [0.1, 0.15) is 35.0 Å². The average molecular weight is 222 g/mol. The molecule has 0 aliphatic heterocycles. The Morgan fingerprint density at radius 2 is 1.88 bits per heavy atom. The van der Waals surface area contributed by atoms with Crippen molar-refractivity contribution in [1.82, 2.24) is 9.55 Å². The minimum Gasteiger partial charge on any atom is -0.494 e. The Morgan fingerprint density at radius 1 is 1.25 bits per heavy atom. The normalized spacial score (nSPS) is 10.8. The second kappa shape index (κ2) is 4.02. The van der Waals surface area contributed by atoms with Crippen LogP contribution in [-0.4, -0.2) is 28.9 Å². The highest BCUT2D eigenvalue weighted by molar-refractivity contribution is 5.88. The van der Waals surface area contributed by atoms with Crippen LogP contribution in [0.25, 0.3) is 11.0 Å². The van der Waals surface area contributed by atoms with Crippen LogP contribution in [0.5, 0.6) is 11.5 Å². The van der Waals surface area contributed by atoms with Crippen molar-refractivity contribution in [3.05, 3.63) is 18.0 Å². The van der Waals surface area contributed by atoms with Crippen molar-refractivity contribution in [3.8, 4) is 11.5 Å². The van der Waals surface area contributed by atoms with Crippen LogP contribution in [-0.2, 0) is 13.7 Å². The number of rotatable bonds is 3. The van der Waals surface area contributed by atoms with Crippen molar-refractivity contribution in [2.75, 3.05) is 14.2 Å². The van der Waals surface area contributed by atoms with E-state index >= 15 is 0 Å². The van der Waals surface area contributed by atoms with Gasteiger partial charge in [-0.05, 0) is 12.1 Å². The minimum absolute atomic E-state index is 0.114. The van der Waals surface area contributed by atoms with Gasteiger partial charge in [-0.2, -0.15) is 0 Å². The van der Waals surface area contributed by atoms with E-state index in [2.05, 4.69) is 4.98 Å². The fraction of sp³-hybridized carbons (Fsp3) is 0.364. The summed E-state index contributed by atoms with van der Waals surface area (Å²) < 4.78 is 12.3. The predicted molar refractivity (Wildman–Crippen MR) is 59.7 cm³/mol. The number of fused-ring (bicyclic) bond motifs is 1. The molecule has 2 aromatic rings. The van der Waals surface area contributed by atoms with Crippen LogP contribution in [0.15, 0.2) is 12.1 Å². The predicted octanol–water partition coefficient (Wildman–Crippen LogP) is 1.08. The van der Waals surface area contributed by atoms with Gasteiger partial charge in [0.25, 0.3) is 0 Å². The van der Waals surface area contributed by atoms with E-state index in [0.717, 1.165) is 5.52 Å². The molecule has 0 aliphatic carbocycles. The van der Waals surface area contributed by atoms with Crippen molar-refractivity contribution >= 4 is 11.0 Å². The summed E-state index contributed by atoms with van der Waals surface area (Å²) in [5.74, 6) is 1.97. The molecule has 1 heterocycles. The third-order valence-corrected chi connectivity index (χ3v) is 2.62. The van der Waals surface area contributed by atoms with E-state index in [-0.39, 0.29) is 6.61 Å². The molecular weight excluding hydrogens is 208 g/mol. The third kappa shape index (κ3) is 1.40. The molecule has 1 aromatic carbocycles. The van der Waals surface area contributed by atoms with E-state index in [1.807, 2.05) is 13.1 Å².